The number of aryl methyl sites for hydroxylation is 1. The standard InChI is InChI=1S/C9H9ClN2O4/c1-5-3-7(12(14)15)6(11-9(5)10)4-8(13)16-2/h3H,4H2,1-2H3. The molecule has 1 aromatic rings. The van der Waals surface area contributed by atoms with E-state index in [-0.39, 0.29) is 23.0 Å². The number of aromatic nitrogens is 1. The number of esters is 1. The monoisotopic (exact) mass is 244 g/mol. The van der Waals surface area contributed by atoms with E-state index in [4.69, 9.17) is 11.6 Å². The van der Waals surface area contributed by atoms with Gasteiger partial charge >= 0.3 is 5.97 Å². The third-order valence-corrected chi connectivity index (χ3v) is 2.33. The van der Waals surface area contributed by atoms with E-state index in [1.165, 1.54) is 13.2 Å². The Balaban J connectivity index is 3.19. The lowest BCUT2D eigenvalue weighted by molar-refractivity contribution is -0.385. The topological polar surface area (TPSA) is 82.3 Å². The summed E-state index contributed by atoms with van der Waals surface area (Å²) in [5, 5.41) is 10.9. The third-order valence-electron chi connectivity index (χ3n) is 1.94. The summed E-state index contributed by atoms with van der Waals surface area (Å²) in [6, 6.07) is 1.29. The van der Waals surface area contributed by atoms with Crippen molar-refractivity contribution in [2.24, 2.45) is 0 Å². The molecule has 0 aliphatic rings. The molecule has 0 atom stereocenters. The van der Waals surface area contributed by atoms with Crippen LogP contribution in [-0.2, 0) is 16.0 Å². The van der Waals surface area contributed by atoms with Crippen LogP contribution < -0.4 is 0 Å². The van der Waals surface area contributed by atoms with E-state index in [1.54, 1.807) is 6.92 Å². The van der Waals surface area contributed by atoms with Crippen molar-refractivity contribution < 1.29 is 14.5 Å². The van der Waals surface area contributed by atoms with Gasteiger partial charge in [0.15, 0.2) is 0 Å². The number of nitrogens with zero attached hydrogens (tertiary/aromatic N) is 2. The highest BCUT2D eigenvalue weighted by atomic mass is 35.5. The number of carbonyl (C=O) groups excluding carboxylic acids is 1. The fourth-order valence-electron chi connectivity index (χ4n) is 1.11. The van der Waals surface area contributed by atoms with Crippen LogP contribution in [0.4, 0.5) is 5.69 Å². The molecule has 0 saturated heterocycles. The second-order valence-corrected chi connectivity index (χ2v) is 3.43. The van der Waals surface area contributed by atoms with Gasteiger partial charge in [-0.2, -0.15) is 0 Å². The minimum atomic E-state index is -0.603. The molecular weight excluding hydrogens is 236 g/mol. The summed E-state index contributed by atoms with van der Waals surface area (Å²) < 4.78 is 4.41. The maximum atomic E-state index is 11.0. The zero-order valence-electron chi connectivity index (χ0n) is 8.69. The lowest BCUT2D eigenvalue weighted by Gasteiger charge is -2.03. The van der Waals surface area contributed by atoms with Crippen LogP contribution in [0.5, 0.6) is 0 Å². The smallest absolute Gasteiger partial charge is 0.311 e. The van der Waals surface area contributed by atoms with Crippen LogP contribution in [0.15, 0.2) is 6.07 Å². The molecule has 1 heterocycles. The SMILES string of the molecule is COC(=O)Cc1nc(Cl)c(C)cc1[N+](=O)[O-]. The molecule has 1 aromatic heterocycles. The van der Waals surface area contributed by atoms with Gasteiger partial charge in [-0.15, -0.1) is 0 Å². The van der Waals surface area contributed by atoms with Crippen LogP contribution in [0.25, 0.3) is 0 Å². The Bertz CT molecular complexity index is 447. The number of rotatable bonds is 3. The molecular formula is C9H9ClN2O4. The number of hydrogen-bond acceptors (Lipinski definition) is 5. The molecule has 0 aliphatic carbocycles. The van der Waals surface area contributed by atoms with Crippen molar-refractivity contribution in [2.45, 2.75) is 13.3 Å². The van der Waals surface area contributed by atoms with Crippen LogP contribution in [0.2, 0.25) is 5.15 Å². The Labute approximate surface area is 96.3 Å². The second kappa shape index (κ2) is 4.89. The minimum Gasteiger partial charge on any atom is -0.469 e. The van der Waals surface area contributed by atoms with Crippen molar-refractivity contribution in [3.05, 3.63) is 32.6 Å². The van der Waals surface area contributed by atoms with Crippen LogP contribution >= 0.6 is 11.6 Å². The molecule has 0 N–H and O–H groups in total. The van der Waals surface area contributed by atoms with Crippen LogP contribution in [0, 0.1) is 17.0 Å². The molecule has 0 spiro atoms. The first kappa shape index (κ1) is 12.4. The van der Waals surface area contributed by atoms with Gasteiger partial charge in [0, 0.05) is 6.07 Å². The van der Waals surface area contributed by atoms with E-state index in [0.29, 0.717) is 5.56 Å². The number of pyridine rings is 1. The van der Waals surface area contributed by atoms with E-state index in [9.17, 15) is 14.9 Å². The Morgan fingerprint density at radius 3 is 2.81 bits per heavy atom. The summed E-state index contributed by atoms with van der Waals surface area (Å²) in [4.78, 5) is 25.0. The van der Waals surface area contributed by atoms with E-state index in [2.05, 4.69) is 9.72 Å². The second-order valence-electron chi connectivity index (χ2n) is 3.07. The summed E-state index contributed by atoms with van der Waals surface area (Å²) in [7, 11) is 1.20. The summed E-state index contributed by atoms with van der Waals surface area (Å²) in [6.07, 6.45) is -0.271. The van der Waals surface area contributed by atoms with Crippen LogP contribution in [-0.4, -0.2) is 23.0 Å². The lowest BCUT2D eigenvalue weighted by Crippen LogP contribution is -2.09. The molecule has 86 valence electrons. The van der Waals surface area contributed by atoms with E-state index < -0.39 is 10.9 Å². The molecule has 16 heavy (non-hydrogen) atoms. The molecule has 0 bridgehead atoms. The first-order valence-corrected chi connectivity index (χ1v) is 4.70. The number of nitro groups is 1. The zero-order chi connectivity index (χ0) is 12.3. The summed E-state index contributed by atoms with van der Waals surface area (Å²) >= 11 is 5.73. The Morgan fingerprint density at radius 2 is 2.31 bits per heavy atom. The molecule has 1 rings (SSSR count). The van der Waals surface area contributed by atoms with Gasteiger partial charge in [0.05, 0.1) is 18.5 Å². The molecule has 0 saturated carbocycles. The molecule has 6 nitrogen and oxygen atoms in total. The molecule has 0 fully saturated rings. The van der Waals surface area contributed by atoms with E-state index in [1.807, 2.05) is 0 Å². The average Bonchev–Trinajstić information content (AvgIpc) is 2.22. The maximum absolute atomic E-state index is 11.0. The summed E-state index contributed by atoms with van der Waals surface area (Å²) in [5.41, 5.74) is 0.265. The van der Waals surface area contributed by atoms with E-state index >= 15 is 0 Å². The molecule has 0 amide bonds. The Hall–Kier alpha value is -1.69. The van der Waals surface area contributed by atoms with Crippen LogP contribution in [0.3, 0.4) is 0 Å². The molecule has 0 aliphatic heterocycles. The van der Waals surface area contributed by atoms with Gasteiger partial charge in [0.25, 0.3) is 5.69 Å². The average molecular weight is 245 g/mol. The van der Waals surface area contributed by atoms with Crippen molar-refractivity contribution in [1.29, 1.82) is 0 Å². The van der Waals surface area contributed by atoms with Gasteiger partial charge in [-0.25, -0.2) is 4.98 Å². The number of ether oxygens (including phenoxy) is 1. The highest BCUT2D eigenvalue weighted by Crippen LogP contribution is 2.23. The van der Waals surface area contributed by atoms with Gasteiger partial charge in [-0.1, -0.05) is 11.6 Å². The Morgan fingerprint density at radius 1 is 1.69 bits per heavy atom. The highest BCUT2D eigenvalue weighted by Gasteiger charge is 2.20. The maximum Gasteiger partial charge on any atom is 0.311 e. The summed E-state index contributed by atoms with van der Waals surface area (Å²) in [5.74, 6) is -0.601. The number of hydrogen-bond donors (Lipinski definition) is 0. The summed E-state index contributed by atoms with van der Waals surface area (Å²) in [6.45, 7) is 1.60. The zero-order valence-corrected chi connectivity index (χ0v) is 9.45. The fourth-order valence-corrected chi connectivity index (χ4v) is 1.27. The number of carbonyl (C=O) groups is 1. The van der Waals surface area contributed by atoms with Gasteiger partial charge in [-0.3, -0.25) is 14.9 Å². The minimum absolute atomic E-state index is 0.00690. The third kappa shape index (κ3) is 2.66. The van der Waals surface area contributed by atoms with Crippen molar-refractivity contribution in [1.82, 2.24) is 4.98 Å². The van der Waals surface area contributed by atoms with Crippen molar-refractivity contribution >= 4 is 23.3 Å². The normalized spacial score (nSPS) is 9.94. The van der Waals surface area contributed by atoms with Crippen molar-refractivity contribution in [2.75, 3.05) is 7.11 Å². The molecule has 0 aromatic carbocycles. The van der Waals surface area contributed by atoms with Crippen molar-refractivity contribution in [3.63, 3.8) is 0 Å². The quantitative estimate of drug-likeness (QED) is 0.350. The van der Waals surface area contributed by atoms with Gasteiger partial charge in [0.2, 0.25) is 0 Å². The van der Waals surface area contributed by atoms with Gasteiger partial charge < -0.3 is 4.74 Å². The van der Waals surface area contributed by atoms with Gasteiger partial charge in [0.1, 0.15) is 10.8 Å². The molecule has 0 unspecified atom stereocenters. The van der Waals surface area contributed by atoms with E-state index in [0.717, 1.165) is 0 Å². The first-order chi connectivity index (χ1) is 7.45. The number of methoxy groups -OCH3 is 1. The predicted octanol–water partition coefficient (Wildman–Crippen LogP) is 1.67. The number of halogens is 1. The highest BCUT2D eigenvalue weighted by molar-refractivity contribution is 6.30. The Kier molecular flexibility index (Phi) is 3.78. The van der Waals surface area contributed by atoms with Gasteiger partial charge in [-0.05, 0) is 12.5 Å². The predicted molar refractivity (Wildman–Crippen MR) is 56.4 cm³/mol. The largest absolute Gasteiger partial charge is 0.469 e. The fraction of sp³-hybridized carbons (Fsp3) is 0.333. The molecule has 0 radical (unpaired) electrons. The van der Waals surface area contributed by atoms with Crippen LogP contribution in [0.1, 0.15) is 11.3 Å². The lowest BCUT2D eigenvalue weighted by atomic mass is 10.2. The molecule has 7 heteroatoms. The first-order valence-electron chi connectivity index (χ1n) is 4.33. The van der Waals surface area contributed by atoms with Crippen molar-refractivity contribution in [3.8, 4) is 0 Å².